The van der Waals surface area contributed by atoms with Crippen molar-refractivity contribution in [1.29, 1.82) is 0 Å². The Labute approximate surface area is 189 Å². The molecule has 0 bridgehead atoms. The van der Waals surface area contributed by atoms with Crippen molar-refractivity contribution in [3.63, 3.8) is 0 Å². The van der Waals surface area contributed by atoms with Gasteiger partial charge in [-0.15, -0.1) is 0 Å². The summed E-state index contributed by atoms with van der Waals surface area (Å²) in [5.41, 5.74) is 5.24. The molecule has 0 atom stereocenters. The van der Waals surface area contributed by atoms with Gasteiger partial charge in [0.05, 0.1) is 23.6 Å². The summed E-state index contributed by atoms with van der Waals surface area (Å²) in [7, 11) is 0. The van der Waals surface area contributed by atoms with Gasteiger partial charge >= 0.3 is 0 Å². The Kier molecular flexibility index (Phi) is 7.60. The number of nitrogens with zero attached hydrogens (tertiary/aromatic N) is 2. The van der Waals surface area contributed by atoms with Crippen molar-refractivity contribution in [3.05, 3.63) is 65.4 Å². The summed E-state index contributed by atoms with van der Waals surface area (Å²) < 4.78 is 28.4. The maximum Gasteiger partial charge on any atom is 0.149 e. The van der Waals surface area contributed by atoms with Crippen LogP contribution >= 0.6 is 0 Å². The molecule has 1 aliphatic carbocycles. The Hall–Kier alpha value is -2.82. The topological polar surface area (TPSA) is 32.7 Å². The van der Waals surface area contributed by atoms with Gasteiger partial charge in [-0.1, -0.05) is 26.5 Å². The van der Waals surface area contributed by atoms with E-state index in [2.05, 4.69) is 19.6 Å². The molecule has 1 fully saturated rings. The summed E-state index contributed by atoms with van der Waals surface area (Å²) in [5, 5.41) is 0. The van der Waals surface area contributed by atoms with Crippen LogP contribution < -0.4 is 0 Å². The van der Waals surface area contributed by atoms with Crippen molar-refractivity contribution < 1.29 is 13.6 Å². The normalized spacial score (nSPS) is 13.9. The van der Waals surface area contributed by atoms with Gasteiger partial charge in [0.1, 0.15) is 17.4 Å². The molecule has 1 aliphatic rings. The summed E-state index contributed by atoms with van der Waals surface area (Å²) in [4.78, 5) is 18.7. The van der Waals surface area contributed by atoms with Gasteiger partial charge in [-0.2, -0.15) is 0 Å². The number of aryl methyl sites for hydroxylation is 1. The third kappa shape index (κ3) is 5.50. The highest BCUT2D eigenvalue weighted by Gasteiger charge is 2.26. The van der Waals surface area contributed by atoms with Crippen LogP contribution in [0.2, 0.25) is 0 Å². The van der Waals surface area contributed by atoms with Crippen molar-refractivity contribution >= 4 is 17.2 Å². The van der Waals surface area contributed by atoms with E-state index in [1.165, 1.54) is 17.7 Å². The van der Waals surface area contributed by atoms with Gasteiger partial charge in [0.15, 0.2) is 0 Å². The molecule has 5 heteroatoms. The first kappa shape index (κ1) is 23.8. The molecule has 2 aromatic rings. The SMILES string of the molecule is C=C(C(CC)=Nc1c(C)cc(C2CC2)cc1-c1ccc(F)cc1F)N(CCC)CC(C)=O. The number of hydrogen-bond acceptors (Lipinski definition) is 3. The fraction of sp³-hybridized carbons (Fsp3) is 0.407. The van der Waals surface area contributed by atoms with Crippen molar-refractivity contribution in [2.45, 2.75) is 59.3 Å². The number of hydrogen-bond donors (Lipinski definition) is 0. The Morgan fingerprint density at radius 1 is 1.16 bits per heavy atom. The summed E-state index contributed by atoms with van der Waals surface area (Å²) in [5.74, 6) is -0.650. The molecule has 170 valence electrons. The van der Waals surface area contributed by atoms with E-state index in [0.29, 0.717) is 41.4 Å². The predicted molar refractivity (Wildman–Crippen MR) is 128 cm³/mol. The second-order valence-electron chi connectivity index (χ2n) is 8.61. The van der Waals surface area contributed by atoms with E-state index in [1.807, 2.05) is 24.8 Å². The van der Waals surface area contributed by atoms with Gasteiger partial charge in [0.25, 0.3) is 0 Å². The first-order chi connectivity index (χ1) is 15.2. The smallest absolute Gasteiger partial charge is 0.149 e. The van der Waals surface area contributed by atoms with Crippen LogP contribution in [0.5, 0.6) is 0 Å². The molecule has 0 saturated heterocycles. The molecular weight excluding hydrogens is 406 g/mol. The van der Waals surface area contributed by atoms with Gasteiger partial charge < -0.3 is 4.90 Å². The Morgan fingerprint density at radius 3 is 2.44 bits per heavy atom. The minimum atomic E-state index is -0.603. The lowest BCUT2D eigenvalue weighted by molar-refractivity contribution is -0.117. The fourth-order valence-corrected chi connectivity index (χ4v) is 4.03. The Balaban J connectivity index is 2.13. The van der Waals surface area contributed by atoms with Crippen LogP contribution in [0.3, 0.4) is 0 Å². The molecule has 0 N–H and O–H groups in total. The van der Waals surface area contributed by atoms with E-state index in [4.69, 9.17) is 4.99 Å². The molecule has 1 saturated carbocycles. The van der Waals surface area contributed by atoms with Crippen LogP contribution in [0.1, 0.15) is 63.5 Å². The number of benzene rings is 2. The first-order valence-electron chi connectivity index (χ1n) is 11.4. The molecule has 0 spiro atoms. The second-order valence-corrected chi connectivity index (χ2v) is 8.61. The van der Waals surface area contributed by atoms with Crippen molar-refractivity contribution in [2.75, 3.05) is 13.1 Å². The number of carbonyl (C=O) groups is 1. The largest absolute Gasteiger partial charge is 0.363 e. The molecule has 3 rings (SSSR count). The van der Waals surface area contributed by atoms with Gasteiger partial charge in [0, 0.05) is 23.7 Å². The van der Waals surface area contributed by atoms with Crippen molar-refractivity contribution in [1.82, 2.24) is 4.90 Å². The summed E-state index contributed by atoms with van der Waals surface area (Å²) >= 11 is 0. The quantitative estimate of drug-likeness (QED) is 0.370. The molecule has 0 aliphatic heterocycles. The number of rotatable bonds is 10. The monoisotopic (exact) mass is 438 g/mol. The highest BCUT2D eigenvalue weighted by molar-refractivity contribution is 6.02. The third-order valence-electron chi connectivity index (χ3n) is 5.80. The van der Waals surface area contributed by atoms with E-state index >= 15 is 0 Å². The Morgan fingerprint density at radius 2 is 1.88 bits per heavy atom. The molecule has 2 aromatic carbocycles. The minimum Gasteiger partial charge on any atom is -0.363 e. The zero-order valence-corrected chi connectivity index (χ0v) is 19.5. The molecule has 0 amide bonds. The van der Waals surface area contributed by atoms with Crippen LogP contribution in [0.4, 0.5) is 14.5 Å². The van der Waals surface area contributed by atoms with E-state index in [0.717, 1.165) is 36.6 Å². The fourth-order valence-electron chi connectivity index (χ4n) is 4.03. The van der Waals surface area contributed by atoms with Crippen LogP contribution in [0.25, 0.3) is 11.1 Å². The minimum absolute atomic E-state index is 0.0640. The maximum absolute atomic E-state index is 14.8. The summed E-state index contributed by atoms with van der Waals surface area (Å²) in [6, 6.07) is 7.79. The lowest BCUT2D eigenvalue weighted by Crippen LogP contribution is -2.31. The van der Waals surface area contributed by atoms with E-state index < -0.39 is 11.6 Å². The predicted octanol–water partition coefficient (Wildman–Crippen LogP) is 7.11. The summed E-state index contributed by atoms with van der Waals surface area (Å²) in [6.45, 7) is 12.8. The van der Waals surface area contributed by atoms with E-state index in [9.17, 15) is 13.6 Å². The average Bonchev–Trinajstić information content (AvgIpc) is 3.57. The van der Waals surface area contributed by atoms with Crippen LogP contribution in [-0.2, 0) is 4.79 Å². The third-order valence-corrected chi connectivity index (χ3v) is 5.80. The molecular formula is C27H32F2N2O. The standard InChI is InChI=1S/C27H32F2N2O/c1-6-12-31(16-18(4)32)19(5)26(7-2)30-27-17(3)13-21(20-8-9-20)14-24(27)23-11-10-22(28)15-25(23)29/h10-11,13-15,20H,5-9,12,16H2,1-4H3. The van der Waals surface area contributed by atoms with Gasteiger partial charge in [0.2, 0.25) is 0 Å². The van der Waals surface area contributed by atoms with Gasteiger partial charge in [-0.3, -0.25) is 9.79 Å². The number of Topliss-reactive ketones (excluding diaryl/α,β-unsaturated/α-hetero) is 1. The lowest BCUT2D eigenvalue weighted by atomic mass is 9.95. The first-order valence-corrected chi connectivity index (χ1v) is 11.4. The average molecular weight is 439 g/mol. The molecule has 32 heavy (non-hydrogen) atoms. The molecule has 0 aromatic heterocycles. The van der Waals surface area contributed by atoms with E-state index in [1.54, 1.807) is 6.92 Å². The number of ketones is 1. The highest BCUT2D eigenvalue weighted by atomic mass is 19.1. The number of allylic oxidation sites excluding steroid dienone is 1. The molecule has 0 heterocycles. The van der Waals surface area contributed by atoms with Crippen LogP contribution in [0.15, 0.2) is 47.6 Å². The van der Waals surface area contributed by atoms with Crippen molar-refractivity contribution in [3.8, 4) is 11.1 Å². The molecule has 3 nitrogen and oxygen atoms in total. The number of halogens is 2. The van der Waals surface area contributed by atoms with Gasteiger partial charge in [-0.05, 0) is 74.8 Å². The lowest BCUT2D eigenvalue weighted by Gasteiger charge is -2.26. The van der Waals surface area contributed by atoms with Crippen LogP contribution in [0, 0.1) is 18.6 Å². The number of aliphatic imine (C=N–C) groups is 1. The Bertz CT molecular complexity index is 1050. The zero-order chi connectivity index (χ0) is 23.4. The molecule has 0 unspecified atom stereocenters. The van der Waals surface area contributed by atoms with Gasteiger partial charge in [-0.25, -0.2) is 8.78 Å². The van der Waals surface area contributed by atoms with Crippen molar-refractivity contribution in [2.24, 2.45) is 4.99 Å². The molecule has 0 radical (unpaired) electrons. The number of carbonyl (C=O) groups excluding carboxylic acids is 1. The maximum atomic E-state index is 14.8. The van der Waals surface area contributed by atoms with Crippen LogP contribution in [-0.4, -0.2) is 29.5 Å². The summed E-state index contributed by atoms with van der Waals surface area (Å²) in [6.07, 6.45) is 3.75. The highest BCUT2D eigenvalue weighted by Crippen LogP contribution is 2.45. The zero-order valence-electron chi connectivity index (χ0n) is 19.5. The van der Waals surface area contributed by atoms with E-state index in [-0.39, 0.29) is 12.3 Å². The second kappa shape index (κ2) is 10.2.